The van der Waals surface area contributed by atoms with E-state index in [0.717, 1.165) is 5.56 Å². The number of aliphatic hydroxyl groups excluding tert-OH is 1. The summed E-state index contributed by atoms with van der Waals surface area (Å²) >= 11 is 3.26. The van der Waals surface area contributed by atoms with E-state index in [0.29, 0.717) is 10.0 Å². The van der Waals surface area contributed by atoms with Gasteiger partial charge in [0, 0.05) is 4.47 Å². The predicted octanol–water partition coefficient (Wildman–Crippen LogP) is 3.53. The van der Waals surface area contributed by atoms with Gasteiger partial charge in [-0.25, -0.2) is 4.39 Å². The molecule has 0 saturated carbocycles. The van der Waals surface area contributed by atoms with E-state index in [2.05, 4.69) is 15.9 Å². The van der Waals surface area contributed by atoms with Crippen LogP contribution in [-0.2, 0) is 0 Å². The Morgan fingerprint density at radius 3 is 2.38 bits per heavy atom. The van der Waals surface area contributed by atoms with Crippen molar-refractivity contribution in [3.8, 4) is 0 Å². The van der Waals surface area contributed by atoms with Crippen molar-refractivity contribution in [1.82, 2.24) is 0 Å². The van der Waals surface area contributed by atoms with Crippen LogP contribution in [0.15, 0.2) is 22.7 Å². The van der Waals surface area contributed by atoms with Crippen LogP contribution >= 0.6 is 15.9 Å². The molecule has 0 bridgehead atoms. The monoisotopic (exact) mass is 246 g/mol. The highest BCUT2D eigenvalue weighted by Crippen LogP contribution is 2.28. The third-order valence-electron chi connectivity index (χ3n) is 1.94. The molecule has 0 aliphatic heterocycles. The van der Waals surface area contributed by atoms with Gasteiger partial charge in [-0.05, 0) is 31.0 Å². The second-order valence-corrected chi connectivity index (χ2v) is 3.93. The first-order valence-electron chi connectivity index (χ1n) is 4.14. The Balaban J connectivity index is 3.06. The Labute approximate surface area is 85.7 Å². The molecule has 1 nitrogen and oxygen atoms in total. The lowest BCUT2D eigenvalue weighted by Gasteiger charge is -2.09. The number of benzene rings is 1. The van der Waals surface area contributed by atoms with Crippen molar-refractivity contribution in [3.63, 3.8) is 0 Å². The van der Waals surface area contributed by atoms with Crippen LogP contribution in [0.2, 0.25) is 0 Å². The van der Waals surface area contributed by atoms with Gasteiger partial charge in [0.25, 0.3) is 0 Å². The molecule has 0 spiro atoms. The van der Waals surface area contributed by atoms with Gasteiger partial charge in [0.05, 0.1) is 6.10 Å². The highest BCUT2D eigenvalue weighted by atomic mass is 79.9. The summed E-state index contributed by atoms with van der Waals surface area (Å²) in [5.41, 5.74) is 1.40. The summed E-state index contributed by atoms with van der Waals surface area (Å²) in [6, 6.07) is 5.17. The van der Waals surface area contributed by atoms with E-state index in [4.69, 9.17) is 0 Å². The first-order chi connectivity index (χ1) is 6.02. The lowest BCUT2D eigenvalue weighted by atomic mass is 10.1. The number of rotatable bonds is 2. The van der Waals surface area contributed by atoms with Gasteiger partial charge in [-0.3, -0.25) is 0 Å². The Hall–Kier alpha value is -0.410. The van der Waals surface area contributed by atoms with Crippen molar-refractivity contribution in [2.75, 3.05) is 0 Å². The van der Waals surface area contributed by atoms with Crippen LogP contribution in [-0.4, -0.2) is 5.11 Å². The van der Waals surface area contributed by atoms with Crippen LogP contribution in [0.4, 0.5) is 4.39 Å². The minimum absolute atomic E-state index is 0.514. The van der Waals surface area contributed by atoms with E-state index < -0.39 is 12.3 Å². The fourth-order valence-corrected chi connectivity index (χ4v) is 1.84. The zero-order valence-corrected chi connectivity index (χ0v) is 9.18. The van der Waals surface area contributed by atoms with Crippen LogP contribution in [0.5, 0.6) is 0 Å². The SMILES string of the molecule is CC(O)c1ccc(C(C)F)c(Br)c1. The molecule has 0 heterocycles. The van der Waals surface area contributed by atoms with Crippen molar-refractivity contribution in [3.05, 3.63) is 33.8 Å². The van der Waals surface area contributed by atoms with Crippen LogP contribution in [0, 0.1) is 0 Å². The van der Waals surface area contributed by atoms with Crippen LogP contribution < -0.4 is 0 Å². The fourth-order valence-electron chi connectivity index (χ4n) is 1.13. The third-order valence-corrected chi connectivity index (χ3v) is 2.62. The molecule has 2 unspecified atom stereocenters. The zero-order valence-electron chi connectivity index (χ0n) is 7.59. The molecule has 0 radical (unpaired) electrons. The first-order valence-corrected chi connectivity index (χ1v) is 4.93. The summed E-state index contributed by atoms with van der Waals surface area (Å²) in [7, 11) is 0. The Bertz CT molecular complexity index is 297. The molecule has 0 aliphatic rings. The minimum atomic E-state index is -0.988. The van der Waals surface area contributed by atoms with Crippen LogP contribution in [0.1, 0.15) is 37.3 Å². The first kappa shape index (κ1) is 10.7. The summed E-state index contributed by atoms with van der Waals surface area (Å²) in [6.45, 7) is 3.17. The van der Waals surface area contributed by atoms with E-state index in [1.165, 1.54) is 6.92 Å². The van der Waals surface area contributed by atoms with Gasteiger partial charge in [-0.15, -0.1) is 0 Å². The summed E-state index contributed by atoms with van der Waals surface area (Å²) in [5.74, 6) is 0. The summed E-state index contributed by atoms with van der Waals surface area (Å²) < 4.78 is 13.6. The van der Waals surface area contributed by atoms with E-state index in [1.807, 2.05) is 0 Å². The van der Waals surface area contributed by atoms with E-state index >= 15 is 0 Å². The number of hydrogen-bond donors (Lipinski definition) is 1. The molecule has 1 aromatic rings. The minimum Gasteiger partial charge on any atom is -0.389 e. The van der Waals surface area contributed by atoms with Gasteiger partial charge in [0.1, 0.15) is 6.17 Å². The average Bonchev–Trinajstić information content (AvgIpc) is 2.03. The third kappa shape index (κ3) is 2.51. The Morgan fingerprint density at radius 1 is 1.38 bits per heavy atom. The molecule has 2 atom stereocenters. The molecule has 1 aromatic carbocycles. The lowest BCUT2D eigenvalue weighted by Crippen LogP contribution is -1.94. The Kier molecular flexibility index (Phi) is 3.45. The molecule has 72 valence electrons. The second kappa shape index (κ2) is 4.20. The molecule has 3 heteroatoms. The molecule has 0 amide bonds. The Morgan fingerprint density at radius 2 is 2.00 bits per heavy atom. The highest BCUT2D eigenvalue weighted by molar-refractivity contribution is 9.10. The molecule has 0 fully saturated rings. The number of hydrogen-bond acceptors (Lipinski definition) is 1. The standard InChI is InChI=1S/C10H12BrFO/c1-6(12)9-4-3-8(7(2)13)5-10(9)11/h3-7,13H,1-2H3. The van der Waals surface area contributed by atoms with E-state index in [-0.39, 0.29) is 0 Å². The molecular weight excluding hydrogens is 235 g/mol. The average molecular weight is 247 g/mol. The maximum absolute atomic E-state index is 12.9. The maximum Gasteiger partial charge on any atom is 0.123 e. The second-order valence-electron chi connectivity index (χ2n) is 3.07. The number of halogens is 2. The van der Waals surface area contributed by atoms with E-state index in [9.17, 15) is 9.50 Å². The topological polar surface area (TPSA) is 20.2 Å². The summed E-state index contributed by atoms with van der Waals surface area (Å²) in [5, 5.41) is 9.26. The number of aliphatic hydroxyl groups is 1. The lowest BCUT2D eigenvalue weighted by molar-refractivity contribution is 0.199. The predicted molar refractivity (Wildman–Crippen MR) is 54.3 cm³/mol. The van der Waals surface area contributed by atoms with Crippen LogP contribution in [0.25, 0.3) is 0 Å². The maximum atomic E-state index is 12.9. The molecule has 13 heavy (non-hydrogen) atoms. The molecule has 0 aromatic heterocycles. The van der Waals surface area contributed by atoms with Gasteiger partial charge < -0.3 is 5.11 Å². The van der Waals surface area contributed by atoms with Crippen molar-refractivity contribution < 1.29 is 9.50 Å². The summed E-state index contributed by atoms with van der Waals surface area (Å²) in [4.78, 5) is 0. The van der Waals surface area contributed by atoms with Gasteiger partial charge in [0.2, 0.25) is 0 Å². The zero-order chi connectivity index (χ0) is 10.0. The summed E-state index contributed by atoms with van der Waals surface area (Å²) in [6.07, 6.45) is -1.50. The molecule has 1 N–H and O–H groups in total. The molecule has 0 saturated heterocycles. The van der Waals surface area contributed by atoms with Crippen molar-refractivity contribution in [2.24, 2.45) is 0 Å². The molecule has 1 rings (SSSR count). The normalized spacial score (nSPS) is 15.5. The smallest absolute Gasteiger partial charge is 0.123 e. The van der Waals surface area contributed by atoms with Gasteiger partial charge in [-0.2, -0.15) is 0 Å². The number of alkyl halides is 1. The van der Waals surface area contributed by atoms with Crippen LogP contribution in [0.3, 0.4) is 0 Å². The molecular formula is C10H12BrFO. The largest absolute Gasteiger partial charge is 0.389 e. The van der Waals surface area contributed by atoms with Gasteiger partial charge in [0.15, 0.2) is 0 Å². The van der Waals surface area contributed by atoms with Crippen molar-refractivity contribution in [2.45, 2.75) is 26.1 Å². The van der Waals surface area contributed by atoms with Crippen molar-refractivity contribution >= 4 is 15.9 Å². The van der Waals surface area contributed by atoms with Crippen molar-refractivity contribution in [1.29, 1.82) is 0 Å². The van der Waals surface area contributed by atoms with E-state index in [1.54, 1.807) is 25.1 Å². The quantitative estimate of drug-likeness (QED) is 0.847. The molecule has 0 aliphatic carbocycles. The highest BCUT2D eigenvalue weighted by Gasteiger charge is 2.09. The van der Waals surface area contributed by atoms with Gasteiger partial charge >= 0.3 is 0 Å². The fraction of sp³-hybridized carbons (Fsp3) is 0.400. The van der Waals surface area contributed by atoms with Gasteiger partial charge in [-0.1, -0.05) is 28.1 Å².